The van der Waals surface area contributed by atoms with E-state index in [2.05, 4.69) is 48.7 Å². The fourth-order valence-corrected chi connectivity index (χ4v) is 4.00. The zero-order valence-electron chi connectivity index (χ0n) is 11.2. The lowest BCUT2D eigenvalue weighted by Crippen LogP contribution is -2.00. The largest absolute Gasteiger partial charge is 0.387 e. The molecule has 1 nitrogen and oxygen atoms in total. The van der Waals surface area contributed by atoms with Crippen molar-refractivity contribution >= 4 is 33.2 Å². The number of benzene rings is 2. The molecule has 0 saturated carbocycles. The van der Waals surface area contributed by atoms with E-state index in [1.54, 1.807) is 23.1 Å². The molecule has 0 aliphatic rings. The molecule has 0 saturated heterocycles. The fourth-order valence-electron chi connectivity index (χ4n) is 2.18. The summed E-state index contributed by atoms with van der Waals surface area (Å²) in [5.74, 6) is 0.681. The van der Waals surface area contributed by atoms with Gasteiger partial charge in [-0.3, -0.25) is 0 Å². The van der Waals surface area contributed by atoms with Crippen LogP contribution >= 0.6 is 23.1 Å². The molecule has 3 aromatic rings. The van der Waals surface area contributed by atoms with Gasteiger partial charge in [-0.15, -0.1) is 23.1 Å². The van der Waals surface area contributed by atoms with E-state index in [9.17, 15) is 5.11 Å². The molecular weight excluding hydrogens is 284 g/mol. The second-order valence-corrected chi connectivity index (χ2v) is 6.84. The first kappa shape index (κ1) is 13.7. The minimum atomic E-state index is -0.427. The van der Waals surface area contributed by atoms with Crippen LogP contribution in [-0.2, 0) is 0 Å². The number of rotatable bonds is 4. The van der Waals surface area contributed by atoms with Crippen LogP contribution in [0.1, 0.15) is 17.2 Å². The first-order valence-electron chi connectivity index (χ1n) is 6.58. The zero-order chi connectivity index (χ0) is 13.9. The minimum absolute atomic E-state index is 0.427. The summed E-state index contributed by atoms with van der Waals surface area (Å²) in [6.07, 6.45) is -0.427. The van der Waals surface area contributed by atoms with E-state index < -0.39 is 6.10 Å². The molecule has 1 N–H and O–H groups in total. The van der Waals surface area contributed by atoms with E-state index >= 15 is 0 Å². The van der Waals surface area contributed by atoms with Gasteiger partial charge in [0.1, 0.15) is 0 Å². The molecule has 0 bridgehead atoms. The maximum atomic E-state index is 10.4. The summed E-state index contributed by atoms with van der Waals surface area (Å²) in [5.41, 5.74) is 2.30. The van der Waals surface area contributed by atoms with Crippen LogP contribution in [0.3, 0.4) is 0 Å². The number of aryl methyl sites for hydroxylation is 1. The predicted molar refractivity (Wildman–Crippen MR) is 88.7 cm³/mol. The Morgan fingerprint density at radius 1 is 1.10 bits per heavy atom. The van der Waals surface area contributed by atoms with Gasteiger partial charge < -0.3 is 5.11 Å². The second-order valence-electron chi connectivity index (χ2n) is 4.83. The molecule has 1 unspecified atom stereocenters. The second kappa shape index (κ2) is 6.00. The van der Waals surface area contributed by atoms with Gasteiger partial charge in [0, 0.05) is 15.3 Å². The van der Waals surface area contributed by atoms with E-state index in [0.29, 0.717) is 5.75 Å². The van der Waals surface area contributed by atoms with Crippen LogP contribution in [0.2, 0.25) is 0 Å². The van der Waals surface area contributed by atoms with Gasteiger partial charge in [-0.1, -0.05) is 35.9 Å². The van der Waals surface area contributed by atoms with Crippen LogP contribution in [-0.4, -0.2) is 10.9 Å². The third-order valence-corrected chi connectivity index (χ3v) is 5.36. The first-order valence-corrected chi connectivity index (χ1v) is 8.44. The highest BCUT2D eigenvalue weighted by Gasteiger charge is 2.12. The topological polar surface area (TPSA) is 20.2 Å². The predicted octanol–water partition coefficient (Wildman–Crippen LogP) is 5.04. The SMILES string of the molecule is Cc1ccc(SCC(O)c2cccc3ccsc23)cc1. The van der Waals surface area contributed by atoms with Crippen LogP contribution in [0.25, 0.3) is 10.1 Å². The quantitative estimate of drug-likeness (QED) is 0.681. The Kier molecular flexibility index (Phi) is 4.10. The maximum Gasteiger partial charge on any atom is 0.0897 e. The lowest BCUT2D eigenvalue weighted by atomic mass is 10.1. The van der Waals surface area contributed by atoms with E-state index in [-0.39, 0.29) is 0 Å². The number of aliphatic hydroxyl groups is 1. The lowest BCUT2D eigenvalue weighted by Gasteiger charge is -2.12. The highest BCUT2D eigenvalue weighted by Crippen LogP contribution is 2.32. The molecule has 3 heteroatoms. The van der Waals surface area contributed by atoms with Gasteiger partial charge in [0.05, 0.1) is 6.10 Å². The highest BCUT2D eigenvalue weighted by molar-refractivity contribution is 7.99. The number of hydrogen-bond donors (Lipinski definition) is 1. The third kappa shape index (κ3) is 2.90. The van der Waals surface area contributed by atoms with Crippen molar-refractivity contribution in [2.24, 2.45) is 0 Å². The molecule has 102 valence electrons. The van der Waals surface area contributed by atoms with Crippen LogP contribution in [0.5, 0.6) is 0 Å². The van der Waals surface area contributed by atoms with Crippen molar-refractivity contribution in [3.05, 3.63) is 65.0 Å². The Balaban J connectivity index is 1.74. The van der Waals surface area contributed by atoms with Crippen LogP contribution in [0, 0.1) is 6.92 Å². The molecule has 1 aromatic heterocycles. The summed E-state index contributed by atoms with van der Waals surface area (Å²) in [6, 6.07) is 16.7. The van der Waals surface area contributed by atoms with E-state index in [4.69, 9.17) is 0 Å². The van der Waals surface area contributed by atoms with Crippen molar-refractivity contribution in [1.82, 2.24) is 0 Å². The van der Waals surface area contributed by atoms with Gasteiger partial charge >= 0.3 is 0 Å². The summed E-state index contributed by atoms with van der Waals surface area (Å²) in [7, 11) is 0. The zero-order valence-corrected chi connectivity index (χ0v) is 12.9. The molecule has 0 aliphatic heterocycles. The highest BCUT2D eigenvalue weighted by atomic mass is 32.2. The summed E-state index contributed by atoms with van der Waals surface area (Å²) in [4.78, 5) is 1.20. The number of hydrogen-bond acceptors (Lipinski definition) is 3. The van der Waals surface area contributed by atoms with Gasteiger partial charge in [-0.05, 0) is 41.5 Å². The maximum absolute atomic E-state index is 10.4. The van der Waals surface area contributed by atoms with Gasteiger partial charge in [0.15, 0.2) is 0 Å². The van der Waals surface area contributed by atoms with E-state index in [1.807, 2.05) is 12.1 Å². The molecule has 0 amide bonds. The van der Waals surface area contributed by atoms with Crippen LogP contribution in [0.4, 0.5) is 0 Å². The van der Waals surface area contributed by atoms with Crippen molar-refractivity contribution < 1.29 is 5.11 Å². The van der Waals surface area contributed by atoms with Crippen molar-refractivity contribution in [3.8, 4) is 0 Å². The molecule has 0 spiro atoms. The average Bonchev–Trinajstić information content (AvgIpc) is 2.94. The van der Waals surface area contributed by atoms with Gasteiger partial charge in [-0.2, -0.15) is 0 Å². The molecule has 1 heterocycles. The summed E-state index contributed by atoms with van der Waals surface area (Å²) >= 11 is 3.39. The van der Waals surface area contributed by atoms with E-state index in [0.717, 1.165) is 5.56 Å². The normalized spacial score (nSPS) is 12.7. The summed E-state index contributed by atoms with van der Waals surface area (Å²) in [5, 5.41) is 13.7. The van der Waals surface area contributed by atoms with Crippen molar-refractivity contribution in [2.75, 3.05) is 5.75 Å². The average molecular weight is 300 g/mol. The van der Waals surface area contributed by atoms with Crippen molar-refractivity contribution in [2.45, 2.75) is 17.9 Å². The van der Waals surface area contributed by atoms with Crippen LogP contribution in [0.15, 0.2) is 58.8 Å². The number of thiophene rings is 1. The standard InChI is InChI=1S/C17H16OS2/c1-12-5-7-14(8-6-12)20-11-16(18)15-4-2-3-13-9-10-19-17(13)15/h2-10,16,18H,11H2,1H3. The molecule has 0 aliphatic carbocycles. The lowest BCUT2D eigenvalue weighted by molar-refractivity contribution is 0.206. The molecular formula is C17H16OS2. The number of fused-ring (bicyclic) bond motifs is 1. The Hall–Kier alpha value is -1.29. The Bertz CT molecular complexity index is 700. The Morgan fingerprint density at radius 3 is 2.70 bits per heavy atom. The fraction of sp³-hybridized carbons (Fsp3) is 0.176. The first-order chi connectivity index (χ1) is 9.74. The Labute approximate surface area is 127 Å². The van der Waals surface area contributed by atoms with Crippen molar-refractivity contribution in [3.63, 3.8) is 0 Å². The Morgan fingerprint density at radius 2 is 1.90 bits per heavy atom. The molecule has 0 radical (unpaired) electrons. The monoisotopic (exact) mass is 300 g/mol. The van der Waals surface area contributed by atoms with Crippen LogP contribution < -0.4 is 0 Å². The number of thioether (sulfide) groups is 1. The third-order valence-electron chi connectivity index (χ3n) is 3.30. The van der Waals surface area contributed by atoms with Crippen molar-refractivity contribution in [1.29, 1.82) is 0 Å². The molecule has 1 atom stereocenters. The van der Waals surface area contributed by atoms with Gasteiger partial charge in [0.2, 0.25) is 0 Å². The van der Waals surface area contributed by atoms with Gasteiger partial charge in [0.25, 0.3) is 0 Å². The minimum Gasteiger partial charge on any atom is -0.387 e. The smallest absolute Gasteiger partial charge is 0.0897 e. The summed E-state index contributed by atoms with van der Waals surface area (Å²) < 4.78 is 1.20. The number of aliphatic hydroxyl groups excluding tert-OH is 1. The molecule has 20 heavy (non-hydrogen) atoms. The molecule has 3 rings (SSSR count). The van der Waals surface area contributed by atoms with E-state index in [1.165, 1.54) is 20.5 Å². The molecule has 0 fully saturated rings. The van der Waals surface area contributed by atoms with Gasteiger partial charge in [-0.25, -0.2) is 0 Å². The summed E-state index contributed by atoms with van der Waals surface area (Å²) in [6.45, 7) is 2.08. The molecule has 2 aromatic carbocycles.